The molecule has 3 rings (SSSR count). The third-order valence-electron chi connectivity index (χ3n) is 5.51. The molecule has 148 valence electrons. The number of anilines is 1. The predicted molar refractivity (Wildman–Crippen MR) is 113 cm³/mol. The molecule has 0 amide bonds. The number of aryl methyl sites for hydroxylation is 1. The summed E-state index contributed by atoms with van der Waals surface area (Å²) >= 11 is 5.49. The van der Waals surface area contributed by atoms with Crippen LogP contribution in [0.15, 0.2) is 42.5 Å². The smallest absolute Gasteiger partial charge is 0.337 e. The fourth-order valence-corrected chi connectivity index (χ4v) is 4.02. The molecule has 0 aromatic heterocycles. The Bertz CT molecular complexity index is 861. The maximum Gasteiger partial charge on any atom is 0.337 e. The van der Waals surface area contributed by atoms with E-state index in [0.29, 0.717) is 17.2 Å². The van der Waals surface area contributed by atoms with Gasteiger partial charge in [-0.15, -0.1) is 0 Å². The molecule has 28 heavy (non-hydrogen) atoms. The number of thiocarbonyl (C=S) groups is 1. The number of hydrogen-bond acceptors (Lipinski definition) is 3. The quantitative estimate of drug-likeness (QED) is 0.562. The zero-order valence-corrected chi connectivity index (χ0v) is 17.0. The minimum absolute atomic E-state index is 0.0393. The van der Waals surface area contributed by atoms with Crippen LogP contribution in [-0.2, 0) is 10.2 Å². The Hall–Kier alpha value is -2.47. The zero-order valence-electron chi connectivity index (χ0n) is 16.2. The van der Waals surface area contributed by atoms with Crippen molar-refractivity contribution in [2.45, 2.75) is 38.0 Å². The Morgan fingerprint density at radius 2 is 1.86 bits per heavy atom. The van der Waals surface area contributed by atoms with Gasteiger partial charge in [0.25, 0.3) is 0 Å². The van der Waals surface area contributed by atoms with Crippen molar-refractivity contribution in [1.29, 1.82) is 0 Å². The molecule has 0 spiro atoms. The first kappa shape index (κ1) is 20.3. The third-order valence-corrected chi connectivity index (χ3v) is 5.76. The molecule has 1 aliphatic rings. The minimum Gasteiger partial charge on any atom is -0.465 e. The van der Waals surface area contributed by atoms with E-state index in [1.165, 1.54) is 19.2 Å². The van der Waals surface area contributed by atoms with E-state index in [2.05, 4.69) is 10.6 Å². The average Bonchev–Trinajstić information content (AvgIpc) is 3.18. The summed E-state index contributed by atoms with van der Waals surface area (Å²) in [5, 5.41) is 7.01. The number of carbonyl (C=O) groups excluding carboxylic acids is 1. The Labute approximate surface area is 170 Å². The number of esters is 1. The fourth-order valence-electron chi connectivity index (χ4n) is 3.84. The number of benzene rings is 2. The van der Waals surface area contributed by atoms with Crippen molar-refractivity contribution >= 4 is 29.0 Å². The molecule has 4 nitrogen and oxygen atoms in total. The van der Waals surface area contributed by atoms with Gasteiger partial charge in [0, 0.05) is 17.6 Å². The topological polar surface area (TPSA) is 50.4 Å². The van der Waals surface area contributed by atoms with E-state index in [-0.39, 0.29) is 17.2 Å². The maximum atomic E-state index is 13.3. The van der Waals surface area contributed by atoms with Crippen LogP contribution < -0.4 is 10.6 Å². The van der Waals surface area contributed by atoms with Gasteiger partial charge in [0.05, 0.1) is 12.7 Å². The standard InChI is InChI=1S/C22H25FN2O2S/c1-15-5-6-16(20(26)27-2)13-19(15)25-21(28)24-14-22(11-3-4-12-22)17-7-9-18(23)10-8-17/h5-10,13H,3-4,11-12,14H2,1-2H3,(H2,24,25,28). The molecule has 0 unspecified atom stereocenters. The Morgan fingerprint density at radius 3 is 2.50 bits per heavy atom. The van der Waals surface area contributed by atoms with Crippen LogP contribution in [0.5, 0.6) is 0 Å². The van der Waals surface area contributed by atoms with E-state index in [1.54, 1.807) is 12.1 Å². The lowest BCUT2D eigenvalue weighted by molar-refractivity contribution is 0.0601. The van der Waals surface area contributed by atoms with Gasteiger partial charge in [-0.1, -0.05) is 31.0 Å². The minimum atomic E-state index is -0.386. The number of rotatable bonds is 5. The maximum absolute atomic E-state index is 13.3. The molecule has 0 aliphatic heterocycles. The zero-order chi connectivity index (χ0) is 20.1. The van der Waals surface area contributed by atoms with Gasteiger partial charge in [0.1, 0.15) is 5.82 Å². The monoisotopic (exact) mass is 400 g/mol. The third kappa shape index (κ3) is 4.50. The second-order valence-electron chi connectivity index (χ2n) is 7.32. The van der Waals surface area contributed by atoms with E-state index in [0.717, 1.165) is 42.5 Å². The molecule has 1 aliphatic carbocycles. The van der Waals surface area contributed by atoms with Crippen LogP contribution in [0.4, 0.5) is 10.1 Å². The molecule has 0 atom stereocenters. The summed E-state index contributed by atoms with van der Waals surface area (Å²) in [6.07, 6.45) is 4.40. The lowest BCUT2D eigenvalue weighted by Crippen LogP contribution is -2.40. The molecule has 2 N–H and O–H groups in total. The van der Waals surface area contributed by atoms with Crippen LogP contribution in [0, 0.1) is 12.7 Å². The Kier molecular flexibility index (Phi) is 6.29. The van der Waals surface area contributed by atoms with Gasteiger partial charge in [-0.3, -0.25) is 0 Å². The largest absolute Gasteiger partial charge is 0.465 e. The van der Waals surface area contributed by atoms with Crippen molar-refractivity contribution < 1.29 is 13.9 Å². The molecule has 2 aromatic rings. The first-order chi connectivity index (χ1) is 13.4. The SMILES string of the molecule is COC(=O)c1ccc(C)c(NC(=S)NCC2(c3ccc(F)cc3)CCCC2)c1. The summed E-state index contributed by atoms with van der Waals surface area (Å²) in [7, 11) is 1.36. The van der Waals surface area contributed by atoms with Crippen LogP contribution in [0.2, 0.25) is 0 Å². The highest BCUT2D eigenvalue weighted by Crippen LogP contribution is 2.40. The van der Waals surface area contributed by atoms with Gasteiger partial charge in [-0.05, 0) is 67.4 Å². The fraction of sp³-hybridized carbons (Fsp3) is 0.364. The molecule has 6 heteroatoms. The molecule has 0 heterocycles. The Balaban J connectivity index is 1.69. The van der Waals surface area contributed by atoms with Gasteiger partial charge in [-0.2, -0.15) is 0 Å². The van der Waals surface area contributed by atoms with Crippen LogP contribution in [0.1, 0.15) is 47.2 Å². The average molecular weight is 401 g/mol. The van der Waals surface area contributed by atoms with Gasteiger partial charge in [-0.25, -0.2) is 9.18 Å². The number of nitrogens with one attached hydrogen (secondary N) is 2. The van der Waals surface area contributed by atoms with Gasteiger partial charge >= 0.3 is 5.97 Å². The summed E-state index contributed by atoms with van der Waals surface area (Å²) in [4.78, 5) is 11.8. The normalized spacial score (nSPS) is 15.1. The first-order valence-corrected chi connectivity index (χ1v) is 9.84. The van der Waals surface area contributed by atoms with Gasteiger partial charge < -0.3 is 15.4 Å². The second-order valence-corrected chi connectivity index (χ2v) is 7.73. The van der Waals surface area contributed by atoms with E-state index in [4.69, 9.17) is 17.0 Å². The Morgan fingerprint density at radius 1 is 1.18 bits per heavy atom. The van der Waals surface area contributed by atoms with Crippen LogP contribution >= 0.6 is 12.2 Å². The number of carbonyl (C=O) groups is 1. The van der Waals surface area contributed by atoms with Crippen molar-refractivity contribution in [3.63, 3.8) is 0 Å². The lowest BCUT2D eigenvalue weighted by atomic mass is 9.79. The van der Waals surface area contributed by atoms with Crippen LogP contribution in [0.3, 0.4) is 0 Å². The molecule has 0 bridgehead atoms. The van der Waals surface area contributed by atoms with Crippen molar-refractivity contribution in [2.75, 3.05) is 19.0 Å². The molecule has 0 radical (unpaired) electrons. The molecule has 2 aromatic carbocycles. The van der Waals surface area contributed by atoms with Crippen molar-refractivity contribution in [1.82, 2.24) is 5.32 Å². The second kappa shape index (κ2) is 8.69. The molecular weight excluding hydrogens is 375 g/mol. The summed E-state index contributed by atoms with van der Waals surface area (Å²) in [6.45, 7) is 2.63. The van der Waals surface area contributed by atoms with E-state index < -0.39 is 0 Å². The van der Waals surface area contributed by atoms with E-state index in [9.17, 15) is 9.18 Å². The lowest BCUT2D eigenvalue weighted by Gasteiger charge is -2.30. The first-order valence-electron chi connectivity index (χ1n) is 9.43. The van der Waals surface area contributed by atoms with Crippen molar-refractivity contribution in [3.8, 4) is 0 Å². The van der Waals surface area contributed by atoms with Crippen molar-refractivity contribution in [3.05, 3.63) is 65.0 Å². The number of methoxy groups -OCH3 is 1. The number of ether oxygens (including phenoxy) is 1. The summed E-state index contributed by atoms with van der Waals surface area (Å²) < 4.78 is 18.1. The van der Waals surface area contributed by atoms with E-state index in [1.807, 2.05) is 25.1 Å². The van der Waals surface area contributed by atoms with Gasteiger partial charge in [0.2, 0.25) is 0 Å². The molecule has 1 saturated carbocycles. The molecule has 0 saturated heterocycles. The summed E-state index contributed by atoms with van der Waals surface area (Å²) in [6, 6.07) is 12.1. The van der Waals surface area contributed by atoms with Crippen molar-refractivity contribution in [2.24, 2.45) is 0 Å². The summed E-state index contributed by atoms with van der Waals surface area (Å²) in [5.41, 5.74) is 3.32. The molecular formula is C22H25FN2O2S. The highest BCUT2D eigenvalue weighted by Gasteiger charge is 2.35. The number of halogens is 1. The molecule has 1 fully saturated rings. The highest BCUT2D eigenvalue weighted by atomic mass is 32.1. The van der Waals surface area contributed by atoms with Crippen LogP contribution in [-0.4, -0.2) is 24.7 Å². The van der Waals surface area contributed by atoms with Crippen LogP contribution in [0.25, 0.3) is 0 Å². The predicted octanol–water partition coefficient (Wildman–Crippen LogP) is 4.72. The van der Waals surface area contributed by atoms with E-state index >= 15 is 0 Å². The summed E-state index contributed by atoms with van der Waals surface area (Å²) in [5.74, 6) is -0.605. The van der Waals surface area contributed by atoms with Gasteiger partial charge in [0.15, 0.2) is 5.11 Å². The number of hydrogen-bond donors (Lipinski definition) is 2. The highest BCUT2D eigenvalue weighted by molar-refractivity contribution is 7.80.